The third kappa shape index (κ3) is 4.07. The van der Waals surface area contributed by atoms with Crippen molar-refractivity contribution < 1.29 is 18.3 Å². The smallest absolute Gasteiger partial charge is 0.244 e. The number of methoxy groups -OCH3 is 1. The SMILES string of the molecule is COc1cc(Br)c(N)cc1S(=O)(=O)NC(C)CCO. The number of benzene rings is 1. The molecule has 0 radical (unpaired) electrons. The van der Waals surface area contributed by atoms with Gasteiger partial charge in [0.1, 0.15) is 10.6 Å². The first-order valence-corrected chi connectivity index (χ1v) is 7.85. The van der Waals surface area contributed by atoms with Crippen LogP contribution < -0.4 is 15.2 Å². The highest BCUT2D eigenvalue weighted by Crippen LogP contribution is 2.32. The van der Waals surface area contributed by atoms with E-state index in [0.29, 0.717) is 16.6 Å². The van der Waals surface area contributed by atoms with E-state index in [2.05, 4.69) is 20.7 Å². The molecule has 1 rings (SSSR count). The van der Waals surface area contributed by atoms with Crippen molar-refractivity contribution in [2.24, 2.45) is 0 Å². The van der Waals surface area contributed by atoms with Crippen LogP contribution >= 0.6 is 15.9 Å². The van der Waals surface area contributed by atoms with Gasteiger partial charge in [0.15, 0.2) is 0 Å². The predicted octanol–water partition coefficient (Wildman–Crippen LogP) is 1.09. The number of anilines is 1. The zero-order valence-corrected chi connectivity index (χ0v) is 13.1. The lowest BCUT2D eigenvalue weighted by atomic mass is 10.3. The molecule has 0 saturated carbocycles. The van der Waals surface area contributed by atoms with Crippen LogP contribution in [0, 0.1) is 0 Å². The van der Waals surface area contributed by atoms with Gasteiger partial charge in [0.2, 0.25) is 10.0 Å². The predicted molar refractivity (Wildman–Crippen MR) is 76.6 cm³/mol. The van der Waals surface area contributed by atoms with E-state index < -0.39 is 10.0 Å². The molecule has 0 bridgehead atoms. The van der Waals surface area contributed by atoms with Crippen molar-refractivity contribution in [2.45, 2.75) is 24.3 Å². The molecule has 0 saturated heterocycles. The Labute approximate surface area is 121 Å². The fraction of sp³-hybridized carbons (Fsp3) is 0.455. The normalized spacial score (nSPS) is 13.3. The molecule has 19 heavy (non-hydrogen) atoms. The topological polar surface area (TPSA) is 102 Å². The third-order valence-corrected chi connectivity index (χ3v) is 4.79. The van der Waals surface area contributed by atoms with Crippen LogP contribution in [0.15, 0.2) is 21.5 Å². The van der Waals surface area contributed by atoms with E-state index in [1.54, 1.807) is 6.92 Å². The van der Waals surface area contributed by atoms with Gasteiger partial charge >= 0.3 is 0 Å². The van der Waals surface area contributed by atoms with Crippen LogP contribution in [-0.2, 0) is 10.0 Å². The number of hydrogen-bond acceptors (Lipinski definition) is 5. The van der Waals surface area contributed by atoms with Crippen molar-refractivity contribution in [2.75, 3.05) is 19.5 Å². The van der Waals surface area contributed by atoms with Gasteiger partial charge in [-0.25, -0.2) is 13.1 Å². The first kappa shape index (κ1) is 16.2. The van der Waals surface area contributed by atoms with Crippen molar-refractivity contribution in [3.05, 3.63) is 16.6 Å². The van der Waals surface area contributed by atoms with Crippen molar-refractivity contribution in [1.29, 1.82) is 0 Å². The van der Waals surface area contributed by atoms with Gasteiger partial charge in [0.05, 0.1) is 7.11 Å². The first-order valence-electron chi connectivity index (χ1n) is 5.58. The summed E-state index contributed by atoms with van der Waals surface area (Å²) < 4.78 is 32.5. The third-order valence-electron chi connectivity index (χ3n) is 2.49. The van der Waals surface area contributed by atoms with Gasteiger partial charge in [-0.15, -0.1) is 0 Å². The zero-order valence-electron chi connectivity index (χ0n) is 10.7. The maximum atomic E-state index is 12.2. The zero-order chi connectivity index (χ0) is 14.6. The summed E-state index contributed by atoms with van der Waals surface area (Å²) in [6.45, 7) is 1.58. The van der Waals surface area contributed by atoms with Gasteiger partial charge in [0.25, 0.3) is 0 Å². The summed E-state index contributed by atoms with van der Waals surface area (Å²) in [5.74, 6) is 0.199. The van der Waals surface area contributed by atoms with Crippen molar-refractivity contribution >= 4 is 31.6 Å². The Bertz CT molecular complexity index is 548. The van der Waals surface area contributed by atoms with Crippen LogP contribution in [0.3, 0.4) is 0 Å². The average molecular weight is 353 g/mol. The average Bonchev–Trinajstić information content (AvgIpc) is 2.31. The second kappa shape index (κ2) is 6.56. The molecule has 4 N–H and O–H groups in total. The number of aliphatic hydroxyl groups excluding tert-OH is 1. The van der Waals surface area contributed by atoms with E-state index in [-0.39, 0.29) is 23.3 Å². The van der Waals surface area contributed by atoms with Crippen LogP contribution in [0.1, 0.15) is 13.3 Å². The van der Waals surface area contributed by atoms with Crippen LogP contribution in [-0.4, -0.2) is 33.3 Å². The van der Waals surface area contributed by atoms with Crippen molar-refractivity contribution in [3.8, 4) is 5.75 Å². The molecule has 0 heterocycles. The largest absolute Gasteiger partial charge is 0.495 e. The number of nitrogens with two attached hydrogens (primary N) is 1. The maximum Gasteiger partial charge on any atom is 0.244 e. The van der Waals surface area contributed by atoms with Crippen LogP contribution in [0.25, 0.3) is 0 Å². The van der Waals surface area contributed by atoms with E-state index in [0.717, 1.165) is 0 Å². The lowest BCUT2D eigenvalue weighted by molar-refractivity contribution is 0.275. The molecule has 0 fully saturated rings. The van der Waals surface area contributed by atoms with Crippen LogP contribution in [0.5, 0.6) is 5.75 Å². The van der Waals surface area contributed by atoms with Gasteiger partial charge in [-0.1, -0.05) is 0 Å². The number of aliphatic hydroxyl groups is 1. The number of halogens is 1. The van der Waals surface area contributed by atoms with Crippen molar-refractivity contribution in [3.63, 3.8) is 0 Å². The van der Waals surface area contributed by atoms with Gasteiger partial charge < -0.3 is 15.6 Å². The Morgan fingerprint density at radius 3 is 2.68 bits per heavy atom. The minimum atomic E-state index is -3.75. The monoisotopic (exact) mass is 352 g/mol. The standard InChI is InChI=1S/C11H17BrN2O4S/c1-7(3-4-15)14-19(16,17)11-6-9(13)8(12)5-10(11)18-2/h5-7,14-15H,3-4,13H2,1-2H3. The molecule has 0 spiro atoms. The summed E-state index contributed by atoms with van der Waals surface area (Å²) in [7, 11) is -2.37. The molecule has 0 aromatic heterocycles. The Morgan fingerprint density at radius 1 is 1.53 bits per heavy atom. The molecule has 0 aliphatic carbocycles. The molecule has 0 amide bonds. The molecule has 1 atom stereocenters. The molecular formula is C11H17BrN2O4S. The second-order valence-electron chi connectivity index (χ2n) is 4.06. The first-order chi connectivity index (χ1) is 8.81. The van der Waals surface area contributed by atoms with Gasteiger partial charge in [-0.3, -0.25) is 0 Å². The Balaban J connectivity index is 3.17. The highest BCUT2D eigenvalue weighted by molar-refractivity contribution is 9.10. The van der Waals surface area contributed by atoms with E-state index in [9.17, 15) is 8.42 Å². The summed E-state index contributed by atoms with van der Waals surface area (Å²) in [5.41, 5.74) is 6.00. The minimum absolute atomic E-state index is 0.0273. The molecule has 108 valence electrons. The molecule has 1 aromatic rings. The van der Waals surface area contributed by atoms with E-state index in [4.69, 9.17) is 15.6 Å². The Morgan fingerprint density at radius 2 is 2.16 bits per heavy atom. The van der Waals surface area contributed by atoms with Crippen LogP contribution in [0.4, 0.5) is 5.69 Å². The summed E-state index contributed by atoms with van der Waals surface area (Å²) in [6.07, 6.45) is 0.327. The maximum absolute atomic E-state index is 12.2. The fourth-order valence-corrected chi connectivity index (χ4v) is 3.29. The van der Waals surface area contributed by atoms with Gasteiger partial charge in [0, 0.05) is 22.8 Å². The number of hydrogen-bond donors (Lipinski definition) is 3. The lowest BCUT2D eigenvalue weighted by Gasteiger charge is -2.16. The number of nitrogens with one attached hydrogen (secondary N) is 1. The highest BCUT2D eigenvalue weighted by Gasteiger charge is 2.22. The molecule has 6 nitrogen and oxygen atoms in total. The van der Waals surface area contributed by atoms with Gasteiger partial charge in [-0.05, 0) is 41.4 Å². The molecule has 8 heteroatoms. The molecule has 1 aromatic carbocycles. The quantitative estimate of drug-likeness (QED) is 0.665. The Hall–Kier alpha value is -0.830. The number of nitrogen functional groups attached to an aromatic ring is 1. The molecule has 0 aliphatic rings. The summed E-state index contributed by atoms with van der Waals surface area (Å²) in [6, 6.07) is 2.45. The van der Waals surface area contributed by atoms with E-state index >= 15 is 0 Å². The summed E-state index contributed by atoms with van der Waals surface area (Å²) in [5, 5.41) is 8.80. The van der Waals surface area contributed by atoms with E-state index in [1.807, 2.05) is 0 Å². The number of sulfonamides is 1. The van der Waals surface area contributed by atoms with E-state index in [1.165, 1.54) is 19.2 Å². The van der Waals surface area contributed by atoms with Crippen molar-refractivity contribution in [1.82, 2.24) is 4.72 Å². The minimum Gasteiger partial charge on any atom is -0.495 e. The second-order valence-corrected chi connectivity index (χ2v) is 6.60. The lowest BCUT2D eigenvalue weighted by Crippen LogP contribution is -2.33. The molecular weight excluding hydrogens is 336 g/mol. The summed E-state index contributed by atoms with van der Waals surface area (Å²) in [4.78, 5) is -0.0273. The number of ether oxygens (including phenoxy) is 1. The fourth-order valence-electron chi connectivity index (χ4n) is 1.50. The highest BCUT2D eigenvalue weighted by atomic mass is 79.9. The molecule has 1 unspecified atom stereocenters. The Kier molecular flexibility index (Phi) is 5.60. The van der Waals surface area contributed by atoms with Crippen LogP contribution in [0.2, 0.25) is 0 Å². The number of rotatable bonds is 6. The van der Waals surface area contributed by atoms with Gasteiger partial charge in [-0.2, -0.15) is 0 Å². The molecule has 0 aliphatic heterocycles. The summed E-state index contributed by atoms with van der Waals surface area (Å²) >= 11 is 3.21.